The van der Waals surface area contributed by atoms with Crippen molar-refractivity contribution in [2.75, 3.05) is 5.32 Å². The van der Waals surface area contributed by atoms with Gasteiger partial charge in [-0.3, -0.25) is 4.79 Å². The molecule has 3 heteroatoms. The lowest BCUT2D eigenvalue weighted by atomic mass is 9.77. The number of amides is 1. The standard InChI is InChI=1S/C22H21NO2/c1-22(2,16-9-5-3-6-10-16)17-13-14-20(24)19(15-17)21(25)23-18-11-7-4-8-12-18/h3-15,24H,1-2H3,(H,23,25). The van der Waals surface area contributed by atoms with Gasteiger partial charge in [0.25, 0.3) is 5.91 Å². The molecule has 0 aliphatic heterocycles. The van der Waals surface area contributed by atoms with Crippen molar-refractivity contribution in [3.8, 4) is 5.75 Å². The number of phenols is 1. The SMILES string of the molecule is CC(C)(c1ccccc1)c1ccc(O)c(C(=O)Nc2ccccc2)c1. The van der Waals surface area contributed by atoms with Gasteiger partial charge in [-0.15, -0.1) is 0 Å². The fourth-order valence-electron chi connectivity index (χ4n) is 2.85. The first-order valence-corrected chi connectivity index (χ1v) is 8.24. The molecule has 3 nitrogen and oxygen atoms in total. The predicted molar refractivity (Wildman–Crippen MR) is 101 cm³/mol. The molecule has 0 spiro atoms. The molecule has 25 heavy (non-hydrogen) atoms. The number of carbonyl (C=O) groups excluding carboxylic acids is 1. The Morgan fingerprint density at radius 3 is 2.08 bits per heavy atom. The summed E-state index contributed by atoms with van der Waals surface area (Å²) < 4.78 is 0. The zero-order valence-electron chi connectivity index (χ0n) is 14.4. The number of rotatable bonds is 4. The molecule has 0 fully saturated rings. The lowest BCUT2D eigenvalue weighted by Gasteiger charge is -2.26. The predicted octanol–water partition coefficient (Wildman–Crippen LogP) is 4.97. The van der Waals surface area contributed by atoms with Crippen LogP contribution in [0.4, 0.5) is 5.69 Å². The van der Waals surface area contributed by atoms with Crippen molar-refractivity contribution in [3.05, 3.63) is 95.6 Å². The zero-order chi connectivity index (χ0) is 17.9. The number of benzene rings is 3. The molecule has 3 aromatic carbocycles. The summed E-state index contributed by atoms with van der Waals surface area (Å²) in [7, 11) is 0. The monoisotopic (exact) mass is 331 g/mol. The summed E-state index contributed by atoms with van der Waals surface area (Å²) in [6.07, 6.45) is 0. The van der Waals surface area contributed by atoms with E-state index in [-0.39, 0.29) is 22.6 Å². The first-order chi connectivity index (χ1) is 12.0. The Labute approximate surface area is 148 Å². The Morgan fingerprint density at radius 1 is 0.840 bits per heavy atom. The van der Waals surface area contributed by atoms with E-state index < -0.39 is 0 Å². The zero-order valence-corrected chi connectivity index (χ0v) is 14.4. The highest BCUT2D eigenvalue weighted by atomic mass is 16.3. The number of hydrogen-bond acceptors (Lipinski definition) is 2. The summed E-state index contributed by atoms with van der Waals surface area (Å²) in [6.45, 7) is 4.21. The van der Waals surface area contributed by atoms with Crippen LogP contribution in [-0.4, -0.2) is 11.0 Å². The lowest BCUT2D eigenvalue weighted by molar-refractivity contribution is 0.102. The Balaban J connectivity index is 1.94. The van der Waals surface area contributed by atoms with E-state index in [4.69, 9.17) is 0 Å². The number of nitrogens with one attached hydrogen (secondary N) is 1. The van der Waals surface area contributed by atoms with Crippen LogP contribution in [-0.2, 0) is 5.41 Å². The topological polar surface area (TPSA) is 49.3 Å². The molecule has 0 aromatic heterocycles. The number of para-hydroxylation sites is 1. The quantitative estimate of drug-likeness (QED) is 0.709. The molecule has 2 N–H and O–H groups in total. The van der Waals surface area contributed by atoms with Gasteiger partial charge in [0.1, 0.15) is 5.75 Å². The molecular formula is C22H21NO2. The van der Waals surface area contributed by atoms with Gasteiger partial charge in [0.15, 0.2) is 0 Å². The maximum atomic E-state index is 12.6. The second-order valence-corrected chi connectivity index (χ2v) is 6.54. The second kappa shape index (κ2) is 6.81. The lowest BCUT2D eigenvalue weighted by Crippen LogP contribution is -2.20. The normalized spacial score (nSPS) is 11.1. The maximum Gasteiger partial charge on any atom is 0.259 e. The van der Waals surface area contributed by atoms with Gasteiger partial charge in [0, 0.05) is 11.1 Å². The van der Waals surface area contributed by atoms with Crippen molar-refractivity contribution in [1.82, 2.24) is 0 Å². The first-order valence-electron chi connectivity index (χ1n) is 8.24. The Kier molecular flexibility index (Phi) is 4.57. The first kappa shape index (κ1) is 16.8. The maximum absolute atomic E-state index is 12.6. The van der Waals surface area contributed by atoms with Crippen LogP contribution in [0.3, 0.4) is 0 Å². The van der Waals surface area contributed by atoms with Crippen LogP contribution < -0.4 is 5.32 Å². The Morgan fingerprint density at radius 2 is 1.44 bits per heavy atom. The van der Waals surface area contributed by atoms with Crippen LogP contribution in [0.25, 0.3) is 0 Å². The van der Waals surface area contributed by atoms with Crippen molar-refractivity contribution in [3.63, 3.8) is 0 Å². The van der Waals surface area contributed by atoms with E-state index in [1.54, 1.807) is 12.1 Å². The number of carbonyl (C=O) groups is 1. The number of phenolic OH excluding ortho intramolecular Hbond substituents is 1. The molecule has 1 amide bonds. The number of anilines is 1. The largest absolute Gasteiger partial charge is 0.507 e. The second-order valence-electron chi connectivity index (χ2n) is 6.54. The van der Waals surface area contributed by atoms with E-state index in [2.05, 4.69) is 31.3 Å². The minimum absolute atomic E-state index is 0.0268. The molecule has 0 saturated carbocycles. The van der Waals surface area contributed by atoms with Crippen LogP contribution in [0.1, 0.15) is 35.3 Å². The van der Waals surface area contributed by atoms with Gasteiger partial charge in [0.05, 0.1) is 5.56 Å². The van der Waals surface area contributed by atoms with Gasteiger partial charge in [0.2, 0.25) is 0 Å². The van der Waals surface area contributed by atoms with Gasteiger partial charge in [-0.2, -0.15) is 0 Å². The highest BCUT2D eigenvalue weighted by molar-refractivity contribution is 6.06. The third-order valence-corrected chi connectivity index (χ3v) is 4.49. The Hall–Kier alpha value is -3.07. The fraction of sp³-hybridized carbons (Fsp3) is 0.136. The summed E-state index contributed by atoms with van der Waals surface area (Å²) in [4.78, 5) is 12.6. The highest BCUT2D eigenvalue weighted by Crippen LogP contribution is 2.33. The molecule has 0 atom stereocenters. The number of hydrogen-bond donors (Lipinski definition) is 2. The molecule has 0 saturated heterocycles. The molecule has 3 aromatic rings. The van der Waals surface area contributed by atoms with Crippen LogP contribution in [0.2, 0.25) is 0 Å². The van der Waals surface area contributed by atoms with Crippen LogP contribution in [0.15, 0.2) is 78.9 Å². The van der Waals surface area contributed by atoms with Gasteiger partial charge < -0.3 is 10.4 Å². The molecule has 0 aliphatic carbocycles. The van der Waals surface area contributed by atoms with Crippen molar-refractivity contribution in [2.45, 2.75) is 19.3 Å². The van der Waals surface area contributed by atoms with Crippen LogP contribution in [0, 0.1) is 0 Å². The fourth-order valence-corrected chi connectivity index (χ4v) is 2.85. The smallest absolute Gasteiger partial charge is 0.259 e. The van der Waals surface area contributed by atoms with Gasteiger partial charge in [-0.1, -0.05) is 68.4 Å². The van der Waals surface area contributed by atoms with Gasteiger partial charge in [-0.25, -0.2) is 0 Å². The van der Waals surface area contributed by atoms with Crippen molar-refractivity contribution in [1.29, 1.82) is 0 Å². The average Bonchev–Trinajstić information content (AvgIpc) is 2.63. The van der Waals surface area contributed by atoms with Crippen molar-refractivity contribution >= 4 is 11.6 Å². The minimum atomic E-state index is -0.325. The van der Waals surface area contributed by atoms with Gasteiger partial charge in [-0.05, 0) is 35.4 Å². The molecule has 0 radical (unpaired) electrons. The molecule has 0 unspecified atom stereocenters. The summed E-state index contributed by atoms with van der Waals surface area (Å²) in [6, 6.07) is 24.5. The van der Waals surface area contributed by atoms with E-state index in [0.717, 1.165) is 11.1 Å². The molecule has 3 rings (SSSR count). The van der Waals surface area contributed by atoms with E-state index in [0.29, 0.717) is 5.69 Å². The van der Waals surface area contributed by atoms with E-state index in [1.165, 1.54) is 0 Å². The average molecular weight is 331 g/mol. The molecular weight excluding hydrogens is 310 g/mol. The minimum Gasteiger partial charge on any atom is -0.507 e. The summed E-state index contributed by atoms with van der Waals surface area (Å²) in [5.41, 5.74) is 2.80. The molecule has 0 heterocycles. The van der Waals surface area contributed by atoms with Crippen molar-refractivity contribution < 1.29 is 9.90 Å². The third kappa shape index (κ3) is 3.56. The summed E-state index contributed by atoms with van der Waals surface area (Å²) in [5.74, 6) is -0.351. The molecule has 0 aliphatic rings. The van der Waals surface area contributed by atoms with Crippen molar-refractivity contribution in [2.24, 2.45) is 0 Å². The number of aromatic hydroxyl groups is 1. The highest BCUT2D eigenvalue weighted by Gasteiger charge is 2.25. The van der Waals surface area contributed by atoms with Gasteiger partial charge >= 0.3 is 0 Å². The summed E-state index contributed by atoms with van der Waals surface area (Å²) in [5, 5.41) is 13.0. The van der Waals surface area contributed by atoms with E-state index in [9.17, 15) is 9.90 Å². The molecule has 126 valence electrons. The van der Waals surface area contributed by atoms with E-state index >= 15 is 0 Å². The summed E-state index contributed by atoms with van der Waals surface area (Å²) >= 11 is 0. The van der Waals surface area contributed by atoms with Crippen LogP contribution >= 0.6 is 0 Å². The Bertz CT molecular complexity index is 871. The third-order valence-electron chi connectivity index (χ3n) is 4.49. The molecule has 0 bridgehead atoms. The van der Waals surface area contributed by atoms with E-state index in [1.807, 2.05) is 54.6 Å². The van der Waals surface area contributed by atoms with Crippen LogP contribution in [0.5, 0.6) is 5.75 Å².